The van der Waals surface area contributed by atoms with Gasteiger partial charge in [-0.1, -0.05) is 6.92 Å². The van der Waals surface area contributed by atoms with E-state index >= 15 is 0 Å². The SMILES string of the molecule is CCCNc1ncnc(NCc2ccnc(C)n2)c1C. The third-order valence-electron chi connectivity index (χ3n) is 2.90. The molecule has 0 aliphatic carbocycles. The Labute approximate surface area is 119 Å². The highest BCUT2D eigenvalue weighted by Gasteiger charge is 2.06. The molecule has 0 aliphatic heterocycles. The summed E-state index contributed by atoms with van der Waals surface area (Å²) in [4.78, 5) is 17.0. The van der Waals surface area contributed by atoms with E-state index in [-0.39, 0.29) is 0 Å². The zero-order chi connectivity index (χ0) is 14.4. The summed E-state index contributed by atoms with van der Waals surface area (Å²) in [6, 6.07) is 1.90. The van der Waals surface area contributed by atoms with Gasteiger partial charge in [0.25, 0.3) is 0 Å². The van der Waals surface area contributed by atoms with Gasteiger partial charge < -0.3 is 10.6 Å². The predicted octanol–water partition coefficient (Wildman–Crippen LogP) is 2.32. The van der Waals surface area contributed by atoms with Crippen LogP contribution in [0.2, 0.25) is 0 Å². The first-order valence-electron chi connectivity index (χ1n) is 6.78. The number of hydrogen-bond acceptors (Lipinski definition) is 6. The van der Waals surface area contributed by atoms with Crippen molar-refractivity contribution in [2.75, 3.05) is 17.2 Å². The van der Waals surface area contributed by atoms with Crippen LogP contribution in [0.5, 0.6) is 0 Å². The van der Waals surface area contributed by atoms with Gasteiger partial charge in [0.15, 0.2) is 0 Å². The summed E-state index contributed by atoms with van der Waals surface area (Å²) in [5.74, 6) is 2.48. The highest BCUT2D eigenvalue weighted by molar-refractivity contribution is 5.56. The van der Waals surface area contributed by atoms with E-state index in [1.807, 2.05) is 19.9 Å². The van der Waals surface area contributed by atoms with Crippen LogP contribution in [0.3, 0.4) is 0 Å². The van der Waals surface area contributed by atoms with E-state index in [4.69, 9.17) is 0 Å². The number of nitrogens with zero attached hydrogens (tertiary/aromatic N) is 4. The topological polar surface area (TPSA) is 75.6 Å². The molecule has 20 heavy (non-hydrogen) atoms. The maximum Gasteiger partial charge on any atom is 0.134 e. The normalized spacial score (nSPS) is 10.3. The van der Waals surface area contributed by atoms with Gasteiger partial charge in [0.1, 0.15) is 23.8 Å². The zero-order valence-electron chi connectivity index (χ0n) is 12.1. The molecule has 2 aromatic rings. The van der Waals surface area contributed by atoms with Gasteiger partial charge in [0.05, 0.1) is 12.2 Å². The van der Waals surface area contributed by atoms with Crippen LogP contribution in [0, 0.1) is 13.8 Å². The predicted molar refractivity (Wildman–Crippen MR) is 79.6 cm³/mol. The van der Waals surface area contributed by atoms with E-state index in [0.717, 1.165) is 41.7 Å². The number of aromatic nitrogens is 4. The number of anilines is 2. The van der Waals surface area contributed by atoms with E-state index in [0.29, 0.717) is 6.54 Å². The largest absolute Gasteiger partial charge is 0.370 e. The molecule has 0 aromatic carbocycles. The van der Waals surface area contributed by atoms with Crippen LogP contribution in [0.15, 0.2) is 18.6 Å². The molecule has 2 heterocycles. The van der Waals surface area contributed by atoms with Crippen LogP contribution in [0.1, 0.15) is 30.4 Å². The second-order valence-corrected chi connectivity index (χ2v) is 4.57. The van der Waals surface area contributed by atoms with Crippen LogP contribution in [-0.4, -0.2) is 26.5 Å². The average molecular weight is 272 g/mol. The summed E-state index contributed by atoms with van der Waals surface area (Å²) in [7, 11) is 0. The molecule has 0 bridgehead atoms. The Morgan fingerprint density at radius 3 is 2.50 bits per heavy atom. The number of hydrogen-bond donors (Lipinski definition) is 2. The van der Waals surface area contributed by atoms with Crippen LogP contribution in [0.25, 0.3) is 0 Å². The fraction of sp³-hybridized carbons (Fsp3) is 0.429. The molecule has 2 N–H and O–H groups in total. The van der Waals surface area contributed by atoms with E-state index in [1.54, 1.807) is 12.5 Å². The Balaban J connectivity index is 2.06. The lowest BCUT2D eigenvalue weighted by Crippen LogP contribution is -2.09. The van der Waals surface area contributed by atoms with Gasteiger partial charge in [-0.15, -0.1) is 0 Å². The second kappa shape index (κ2) is 6.79. The maximum atomic E-state index is 4.36. The quantitative estimate of drug-likeness (QED) is 0.840. The summed E-state index contributed by atoms with van der Waals surface area (Å²) in [5.41, 5.74) is 1.96. The van der Waals surface area contributed by atoms with E-state index in [2.05, 4.69) is 37.5 Å². The van der Waals surface area contributed by atoms with Crippen molar-refractivity contribution in [3.8, 4) is 0 Å². The minimum atomic E-state index is 0.619. The van der Waals surface area contributed by atoms with Crippen molar-refractivity contribution in [2.45, 2.75) is 33.7 Å². The van der Waals surface area contributed by atoms with E-state index in [1.165, 1.54) is 0 Å². The number of nitrogens with one attached hydrogen (secondary N) is 2. The van der Waals surface area contributed by atoms with Gasteiger partial charge in [-0.2, -0.15) is 0 Å². The van der Waals surface area contributed by atoms with Crippen molar-refractivity contribution in [2.24, 2.45) is 0 Å². The average Bonchev–Trinajstić information content (AvgIpc) is 2.45. The van der Waals surface area contributed by atoms with Crippen molar-refractivity contribution in [1.29, 1.82) is 0 Å². The number of rotatable bonds is 6. The molecule has 2 aromatic heterocycles. The fourth-order valence-corrected chi connectivity index (χ4v) is 1.83. The molecule has 0 saturated carbocycles. The van der Waals surface area contributed by atoms with Crippen molar-refractivity contribution in [1.82, 2.24) is 19.9 Å². The molecule has 0 fully saturated rings. The lowest BCUT2D eigenvalue weighted by molar-refractivity contribution is 0.938. The molecule has 0 saturated heterocycles. The summed E-state index contributed by atoms with van der Waals surface area (Å²) in [5, 5.41) is 6.59. The number of aryl methyl sites for hydroxylation is 1. The first-order valence-corrected chi connectivity index (χ1v) is 6.78. The Kier molecular flexibility index (Phi) is 4.81. The molecule has 0 unspecified atom stereocenters. The second-order valence-electron chi connectivity index (χ2n) is 4.57. The monoisotopic (exact) mass is 272 g/mol. The van der Waals surface area contributed by atoms with Gasteiger partial charge in [-0.05, 0) is 26.3 Å². The summed E-state index contributed by atoms with van der Waals surface area (Å²) >= 11 is 0. The third kappa shape index (κ3) is 3.63. The third-order valence-corrected chi connectivity index (χ3v) is 2.90. The van der Waals surface area contributed by atoms with Crippen LogP contribution in [0.4, 0.5) is 11.6 Å². The minimum absolute atomic E-state index is 0.619. The Morgan fingerprint density at radius 1 is 1.05 bits per heavy atom. The molecule has 106 valence electrons. The molecule has 0 radical (unpaired) electrons. The first-order chi connectivity index (χ1) is 9.70. The van der Waals surface area contributed by atoms with Gasteiger partial charge in [0.2, 0.25) is 0 Å². The summed E-state index contributed by atoms with van der Waals surface area (Å²) < 4.78 is 0. The molecule has 0 aliphatic rings. The molecule has 0 atom stereocenters. The standard InChI is InChI=1S/C14H20N6/c1-4-6-16-13-10(2)14(19-9-18-13)17-8-12-5-7-15-11(3)20-12/h5,7,9H,4,6,8H2,1-3H3,(H2,16,17,18,19). The van der Waals surface area contributed by atoms with Crippen molar-refractivity contribution in [3.05, 3.63) is 35.7 Å². The van der Waals surface area contributed by atoms with Gasteiger partial charge >= 0.3 is 0 Å². The summed E-state index contributed by atoms with van der Waals surface area (Å²) in [6.07, 6.45) is 4.39. The van der Waals surface area contributed by atoms with Crippen LogP contribution in [-0.2, 0) is 6.54 Å². The molecule has 2 rings (SSSR count). The van der Waals surface area contributed by atoms with Crippen molar-refractivity contribution < 1.29 is 0 Å². The molecule has 0 spiro atoms. The fourth-order valence-electron chi connectivity index (χ4n) is 1.83. The van der Waals surface area contributed by atoms with Gasteiger partial charge in [0, 0.05) is 18.3 Å². The lowest BCUT2D eigenvalue weighted by atomic mass is 10.3. The first kappa shape index (κ1) is 14.2. The van der Waals surface area contributed by atoms with Gasteiger partial charge in [-0.3, -0.25) is 0 Å². The van der Waals surface area contributed by atoms with Crippen molar-refractivity contribution in [3.63, 3.8) is 0 Å². The lowest BCUT2D eigenvalue weighted by Gasteiger charge is -2.12. The highest BCUT2D eigenvalue weighted by atomic mass is 15.1. The van der Waals surface area contributed by atoms with Gasteiger partial charge in [-0.25, -0.2) is 19.9 Å². The highest BCUT2D eigenvalue weighted by Crippen LogP contribution is 2.18. The molecule has 6 heteroatoms. The van der Waals surface area contributed by atoms with Crippen LogP contribution >= 0.6 is 0 Å². The summed E-state index contributed by atoms with van der Waals surface area (Å²) in [6.45, 7) is 7.54. The Bertz CT molecular complexity index is 569. The molecule has 0 amide bonds. The van der Waals surface area contributed by atoms with E-state index < -0.39 is 0 Å². The van der Waals surface area contributed by atoms with Crippen LogP contribution < -0.4 is 10.6 Å². The van der Waals surface area contributed by atoms with E-state index in [9.17, 15) is 0 Å². The molecular formula is C14H20N6. The molecule has 6 nitrogen and oxygen atoms in total. The van der Waals surface area contributed by atoms with Crippen molar-refractivity contribution >= 4 is 11.6 Å². The smallest absolute Gasteiger partial charge is 0.134 e. The Morgan fingerprint density at radius 2 is 1.80 bits per heavy atom. The zero-order valence-corrected chi connectivity index (χ0v) is 12.1. The minimum Gasteiger partial charge on any atom is -0.370 e. The maximum absolute atomic E-state index is 4.36. The Hall–Kier alpha value is -2.24. The molecular weight excluding hydrogens is 252 g/mol.